The van der Waals surface area contributed by atoms with Crippen molar-refractivity contribution in [3.05, 3.63) is 42.5 Å². The molecule has 0 atom stereocenters. The van der Waals surface area contributed by atoms with E-state index in [0.717, 1.165) is 4.90 Å². The van der Waals surface area contributed by atoms with Crippen molar-refractivity contribution >= 4 is 24.2 Å². The van der Waals surface area contributed by atoms with Crippen LogP contribution in [0.5, 0.6) is 0 Å². The number of hydrogen-bond acceptors (Lipinski definition) is 5. The van der Waals surface area contributed by atoms with E-state index in [-0.39, 0.29) is 13.2 Å². The third-order valence-electron chi connectivity index (χ3n) is 2.28. The Morgan fingerprint density at radius 2 is 1.90 bits per heavy atom. The second-order valence-electron chi connectivity index (χ2n) is 3.61. The van der Waals surface area contributed by atoms with Gasteiger partial charge in [0.2, 0.25) is 6.41 Å². The predicted octanol–water partition coefficient (Wildman–Crippen LogP) is 2.15. The van der Waals surface area contributed by atoms with Crippen LogP contribution in [0.15, 0.2) is 36.9 Å². The molecule has 0 saturated carbocycles. The van der Waals surface area contributed by atoms with Gasteiger partial charge in [-0.2, -0.15) is 0 Å². The Hall–Kier alpha value is -2.63. The van der Waals surface area contributed by atoms with Crippen molar-refractivity contribution in [2.45, 2.75) is 6.92 Å². The summed E-state index contributed by atoms with van der Waals surface area (Å²) < 4.78 is 9.59. The number of carbonyl (C=O) groups excluding carboxylic acids is 3. The van der Waals surface area contributed by atoms with Crippen molar-refractivity contribution < 1.29 is 23.9 Å². The summed E-state index contributed by atoms with van der Waals surface area (Å²) in [6.45, 7) is 5.38. The van der Waals surface area contributed by atoms with Gasteiger partial charge in [-0.1, -0.05) is 12.7 Å². The Morgan fingerprint density at radius 3 is 2.40 bits per heavy atom. The van der Waals surface area contributed by atoms with Crippen molar-refractivity contribution in [2.24, 2.45) is 0 Å². The summed E-state index contributed by atoms with van der Waals surface area (Å²) in [7, 11) is 0. The normalized spacial score (nSPS) is 9.45. The maximum atomic E-state index is 11.6. The van der Waals surface area contributed by atoms with Crippen LogP contribution in [-0.4, -0.2) is 31.7 Å². The summed E-state index contributed by atoms with van der Waals surface area (Å²) in [5.41, 5.74) is 0.628. The molecule has 0 unspecified atom stereocenters. The molecule has 106 valence electrons. The Morgan fingerprint density at radius 1 is 1.25 bits per heavy atom. The highest BCUT2D eigenvalue weighted by Crippen LogP contribution is 2.15. The molecule has 0 radical (unpaired) electrons. The number of hydrogen-bond donors (Lipinski definition) is 0. The zero-order valence-corrected chi connectivity index (χ0v) is 11.1. The summed E-state index contributed by atoms with van der Waals surface area (Å²) in [6, 6.07) is 5.83. The van der Waals surface area contributed by atoms with Gasteiger partial charge >= 0.3 is 12.1 Å². The third kappa shape index (κ3) is 3.94. The van der Waals surface area contributed by atoms with Crippen LogP contribution in [0.25, 0.3) is 0 Å². The van der Waals surface area contributed by atoms with Crippen LogP contribution in [0.3, 0.4) is 0 Å². The minimum absolute atomic E-state index is 0.00405. The Kier molecular flexibility index (Phi) is 5.96. The molecule has 0 spiro atoms. The Bertz CT molecular complexity index is 495. The number of carbonyl (C=O) groups is 3. The topological polar surface area (TPSA) is 72.9 Å². The van der Waals surface area contributed by atoms with E-state index in [1.165, 1.54) is 30.3 Å². The van der Waals surface area contributed by atoms with E-state index < -0.39 is 12.1 Å². The fourth-order valence-corrected chi connectivity index (χ4v) is 1.38. The SMILES string of the molecule is C=CCOC(=O)N(C=O)c1ccc(C(=O)OCC)cc1. The summed E-state index contributed by atoms with van der Waals surface area (Å²) >= 11 is 0. The van der Waals surface area contributed by atoms with Gasteiger partial charge in [0.05, 0.1) is 17.9 Å². The second-order valence-corrected chi connectivity index (χ2v) is 3.61. The molecule has 6 heteroatoms. The molecule has 2 amide bonds. The summed E-state index contributed by atoms with van der Waals surface area (Å²) in [4.78, 5) is 34.8. The molecule has 0 aliphatic rings. The second kappa shape index (κ2) is 7.73. The lowest BCUT2D eigenvalue weighted by molar-refractivity contribution is -0.107. The van der Waals surface area contributed by atoms with Crippen LogP contribution in [0.4, 0.5) is 10.5 Å². The molecule has 1 aromatic carbocycles. The first-order valence-electron chi connectivity index (χ1n) is 5.93. The molecule has 6 nitrogen and oxygen atoms in total. The van der Waals surface area contributed by atoms with E-state index in [1.807, 2.05) is 0 Å². The third-order valence-corrected chi connectivity index (χ3v) is 2.28. The standard InChI is InChI=1S/C14H15NO5/c1-3-9-20-14(18)15(10-16)12-7-5-11(6-8-12)13(17)19-4-2/h3,5-8,10H,1,4,9H2,2H3. The minimum atomic E-state index is -0.816. The number of nitrogens with zero attached hydrogens (tertiary/aromatic N) is 1. The molecular formula is C14H15NO5. The molecule has 20 heavy (non-hydrogen) atoms. The molecule has 0 heterocycles. The van der Waals surface area contributed by atoms with Gasteiger partial charge in [0.25, 0.3) is 0 Å². The quantitative estimate of drug-likeness (QED) is 0.452. The van der Waals surface area contributed by atoms with E-state index in [1.54, 1.807) is 6.92 Å². The Balaban J connectivity index is 2.84. The Labute approximate surface area is 116 Å². The average molecular weight is 277 g/mol. The first kappa shape index (κ1) is 15.4. The van der Waals surface area contributed by atoms with Crippen molar-refractivity contribution in [3.8, 4) is 0 Å². The molecule has 0 aliphatic carbocycles. The van der Waals surface area contributed by atoms with Crippen LogP contribution in [0.2, 0.25) is 0 Å². The lowest BCUT2D eigenvalue weighted by atomic mass is 10.2. The molecule has 1 rings (SSSR count). The fraction of sp³-hybridized carbons (Fsp3) is 0.214. The minimum Gasteiger partial charge on any atom is -0.462 e. The molecule has 0 aliphatic heterocycles. The van der Waals surface area contributed by atoms with Gasteiger partial charge in [-0.15, -0.1) is 0 Å². The fourth-order valence-electron chi connectivity index (χ4n) is 1.38. The lowest BCUT2D eigenvalue weighted by Crippen LogP contribution is -2.30. The maximum Gasteiger partial charge on any atom is 0.421 e. The van der Waals surface area contributed by atoms with Crippen molar-refractivity contribution in [3.63, 3.8) is 0 Å². The molecule has 0 saturated heterocycles. The average Bonchev–Trinajstić information content (AvgIpc) is 2.46. The lowest BCUT2D eigenvalue weighted by Gasteiger charge is -2.15. The number of imide groups is 1. The molecule has 0 bridgehead atoms. The predicted molar refractivity (Wildman–Crippen MR) is 72.5 cm³/mol. The highest BCUT2D eigenvalue weighted by molar-refractivity contribution is 6.03. The first-order chi connectivity index (χ1) is 9.63. The monoisotopic (exact) mass is 277 g/mol. The van der Waals surface area contributed by atoms with Crippen LogP contribution < -0.4 is 4.90 Å². The molecule has 0 aromatic heterocycles. The van der Waals surface area contributed by atoms with Gasteiger partial charge in [-0.05, 0) is 31.2 Å². The summed E-state index contributed by atoms with van der Waals surface area (Å²) in [6.07, 6.45) is 0.916. The zero-order valence-electron chi connectivity index (χ0n) is 11.1. The number of rotatable bonds is 6. The van der Waals surface area contributed by atoms with E-state index in [4.69, 9.17) is 9.47 Å². The van der Waals surface area contributed by atoms with Crippen LogP contribution in [-0.2, 0) is 14.3 Å². The van der Waals surface area contributed by atoms with Crippen molar-refractivity contribution in [2.75, 3.05) is 18.1 Å². The van der Waals surface area contributed by atoms with Crippen LogP contribution in [0.1, 0.15) is 17.3 Å². The first-order valence-corrected chi connectivity index (χ1v) is 5.93. The van der Waals surface area contributed by atoms with Crippen molar-refractivity contribution in [1.82, 2.24) is 0 Å². The maximum absolute atomic E-state index is 11.6. The van der Waals surface area contributed by atoms with Crippen LogP contribution in [0, 0.1) is 0 Å². The number of anilines is 1. The number of ether oxygens (including phenoxy) is 2. The molecule has 1 aromatic rings. The molecule has 0 fully saturated rings. The van der Waals surface area contributed by atoms with E-state index >= 15 is 0 Å². The van der Waals surface area contributed by atoms with Gasteiger partial charge in [-0.25, -0.2) is 14.5 Å². The van der Waals surface area contributed by atoms with Gasteiger partial charge in [-0.3, -0.25) is 4.79 Å². The smallest absolute Gasteiger partial charge is 0.421 e. The molecular weight excluding hydrogens is 262 g/mol. The van der Waals surface area contributed by atoms with Crippen LogP contribution >= 0.6 is 0 Å². The molecule has 0 N–H and O–H groups in total. The number of benzene rings is 1. The van der Waals surface area contributed by atoms with Gasteiger partial charge < -0.3 is 9.47 Å². The summed E-state index contributed by atoms with van der Waals surface area (Å²) in [5, 5.41) is 0. The van der Waals surface area contributed by atoms with Gasteiger partial charge in [0.15, 0.2) is 0 Å². The van der Waals surface area contributed by atoms with E-state index in [2.05, 4.69) is 6.58 Å². The van der Waals surface area contributed by atoms with Crippen molar-refractivity contribution in [1.29, 1.82) is 0 Å². The summed E-state index contributed by atoms with van der Waals surface area (Å²) in [5.74, 6) is -0.467. The highest BCUT2D eigenvalue weighted by Gasteiger charge is 2.16. The largest absolute Gasteiger partial charge is 0.462 e. The van der Waals surface area contributed by atoms with E-state index in [9.17, 15) is 14.4 Å². The number of esters is 1. The zero-order chi connectivity index (χ0) is 15.0. The number of amides is 2. The highest BCUT2D eigenvalue weighted by atomic mass is 16.6. The van der Waals surface area contributed by atoms with Gasteiger partial charge in [0, 0.05) is 0 Å². The van der Waals surface area contributed by atoms with Gasteiger partial charge in [0.1, 0.15) is 6.61 Å². The van der Waals surface area contributed by atoms with E-state index in [0.29, 0.717) is 17.7 Å².